The number of carbonyl (C=O) groups excluding carboxylic acids is 2. The van der Waals surface area contributed by atoms with Crippen molar-refractivity contribution < 1.29 is 52.6 Å². The Kier molecular flexibility index (Phi) is 15.5. The highest BCUT2D eigenvalue weighted by Gasteiger charge is 2.45. The molecule has 0 aliphatic carbocycles. The van der Waals surface area contributed by atoms with E-state index in [-0.39, 0.29) is 24.9 Å². The lowest BCUT2D eigenvalue weighted by molar-refractivity contribution is -0.152. The first-order chi connectivity index (χ1) is 23.2. The maximum Gasteiger partial charge on any atom is 0.342 e. The van der Waals surface area contributed by atoms with Crippen LogP contribution >= 0.6 is 0 Å². The third-order valence-corrected chi connectivity index (χ3v) is 9.04. The van der Waals surface area contributed by atoms with E-state index in [2.05, 4.69) is 19.6 Å². The Labute approximate surface area is 291 Å². The molecule has 270 valence electrons. The summed E-state index contributed by atoms with van der Waals surface area (Å²) < 4.78 is 46.0. The van der Waals surface area contributed by atoms with Crippen LogP contribution in [-0.4, -0.2) is 89.7 Å². The molecule has 12 heteroatoms. The molecule has 0 saturated carbocycles. The van der Waals surface area contributed by atoms with Gasteiger partial charge in [0, 0.05) is 28.4 Å². The number of rotatable bonds is 19. The van der Waals surface area contributed by atoms with E-state index in [1.807, 2.05) is 12.1 Å². The molecule has 3 rings (SSSR count). The Bertz CT molecular complexity index is 1400. The van der Waals surface area contributed by atoms with Gasteiger partial charge in [-0.05, 0) is 69.5 Å². The van der Waals surface area contributed by atoms with Crippen LogP contribution in [0.25, 0.3) is 6.08 Å². The van der Waals surface area contributed by atoms with Crippen LogP contribution < -0.4 is 9.47 Å². The van der Waals surface area contributed by atoms with Gasteiger partial charge in [0.1, 0.15) is 29.3 Å². The van der Waals surface area contributed by atoms with Crippen LogP contribution in [0.1, 0.15) is 59.9 Å². The van der Waals surface area contributed by atoms with Gasteiger partial charge in [-0.1, -0.05) is 56.1 Å². The average molecular weight is 701 g/mol. The minimum atomic E-state index is -1.46. The maximum atomic E-state index is 13.5. The van der Waals surface area contributed by atoms with Crippen LogP contribution in [0.3, 0.4) is 0 Å². The second-order valence-corrected chi connectivity index (χ2v) is 19.1. The highest BCUT2D eigenvalue weighted by atomic mass is 28.3. The van der Waals surface area contributed by atoms with Crippen molar-refractivity contribution in [3.05, 3.63) is 77.4 Å². The minimum Gasteiger partial charge on any atom is -0.467 e. The summed E-state index contributed by atoms with van der Waals surface area (Å²) in [4.78, 5) is 26.7. The molecule has 0 aromatic heterocycles. The number of methoxy groups -OCH3 is 2. The van der Waals surface area contributed by atoms with Crippen LogP contribution in [0, 0.1) is 0 Å². The largest absolute Gasteiger partial charge is 0.467 e. The number of aliphatic hydroxyl groups is 1. The molecule has 3 unspecified atom stereocenters. The molecule has 1 heterocycles. The van der Waals surface area contributed by atoms with Crippen molar-refractivity contribution in [2.24, 2.45) is 0 Å². The molecular weight excluding hydrogens is 648 g/mol. The molecule has 1 aliphatic rings. The fraction of sp³-hybridized carbons (Fsp3) is 0.514. The lowest BCUT2D eigenvalue weighted by Crippen LogP contribution is -2.37. The standard InChI is InChI=1S/C37H52O11Si/c1-26(38)14-12-18-30(46-35(39)27-15-10-9-11-16-27)34-31(47-37(2,3)48-34)19-13-17-28-22-29(44-24-41-4)23-32(45-25-42-5)33(28)36(40)43-20-21-49(6,7)8/h9-13,15-18,22-23,26,30-31,34,38H,14,19-21,24-25H2,1-8H3/t26-,30?,31?,34?/m1/s1. The molecule has 0 radical (unpaired) electrons. The Morgan fingerprint density at radius 2 is 1.67 bits per heavy atom. The van der Waals surface area contributed by atoms with Crippen molar-refractivity contribution in [3.8, 4) is 11.5 Å². The molecule has 11 nitrogen and oxygen atoms in total. The fourth-order valence-corrected chi connectivity index (χ4v) is 5.69. The molecule has 2 aromatic carbocycles. The van der Waals surface area contributed by atoms with E-state index in [9.17, 15) is 14.7 Å². The van der Waals surface area contributed by atoms with Crippen molar-refractivity contribution in [1.29, 1.82) is 0 Å². The summed E-state index contributed by atoms with van der Waals surface area (Å²) in [6, 6.07) is 12.8. The number of hydrogen-bond donors (Lipinski definition) is 1. The van der Waals surface area contributed by atoms with Crippen LogP contribution in [0.4, 0.5) is 0 Å². The SMILES string of the molecule is COCOc1cc(C=CCC2OC(C)(C)OC2C(C=CC[C@@H](C)O)OC(=O)c2ccccc2)c(C(=O)OCC[Si](C)(C)C)c(OCOC)c1. The van der Waals surface area contributed by atoms with Gasteiger partial charge >= 0.3 is 11.9 Å². The van der Waals surface area contributed by atoms with Crippen molar-refractivity contribution in [2.45, 2.75) is 89.5 Å². The molecule has 0 amide bonds. The zero-order chi connectivity index (χ0) is 36.0. The molecule has 2 aromatic rings. The zero-order valence-electron chi connectivity index (χ0n) is 29.9. The smallest absolute Gasteiger partial charge is 0.342 e. The Balaban J connectivity index is 1.95. The molecule has 0 spiro atoms. The van der Waals surface area contributed by atoms with E-state index in [4.69, 9.17) is 37.9 Å². The number of ether oxygens (including phenoxy) is 8. The van der Waals surface area contributed by atoms with Crippen LogP contribution in [-0.2, 0) is 28.4 Å². The fourth-order valence-electron chi connectivity index (χ4n) is 4.97. The number of carbonyl (C=O) groups is 2. The van der Waals surface area contributed by atoms with E-state index in [0.29, 0.717) is 36.3 Å². The highest BCUT2D eigenvalue weighted by Crippen LogP contribution is 2.35. The van der Waals surface area contributed by atoms with Gasteiger partial charge in [-0.25, -0.2) is 9.59 Å². The van der Waals surface area contributed by atoms with Crippen LogP contribution in [0.5, 0.6) is 11.5 Å². The van der Waals surface area contributed by atoms with Crippen molar-refractivity contribution in [3.63, 3.8) is 0 Å². The maximum absolute atomic E-state index is 13.5. The number of hydrogen-bond acceptors (Lipinski definition) is 11. The second-order valence-electron chi connectivity index (χ2n) is 13.5. The van der Waals surface area contributed by atoms with E-state index >= 15 is 0 Å². The first-order valence-corrected chi connectivity index (χ1v) is 20.1. The minimum absolute atomic E-state index is 0.0114. The summed E-state index contributed by atoms with van der Waals surface area (Å²) in [5.41, 5.74) is 1.12. The van der Waals surface area contributed by atoms with Gasteiger partial charge in [0.15, 0.2) is 19.4 Å². The van der Waals surface area contributed by atoms with Gasteiger partial charge in [0.25, 0.3) is 0 Å². The van der Waals surface area contributed by atoms with Crippen LogP contribution in [0.2, 0.25) is 25.7 Å². The summed E-state index contributed by atoms with van der Waals surface area (Å²) in [6.45, 7) is 12.1. The van der Waals surface area contributed by atoms with Crippen LogP contribution in [0.15, 0.2) is 60.7 Å². The molecule has 49 heavy (non-hydrogen) atoms. The Morgan fingerprint density at radius 1 is 0.980 bits per heavy atom. The molecule has 1 saturated heterocycles. The van der Waals surface area contributed by atoms with Crippen molar-refractivity contribution >= 4 is 26.1 Å². The van der Waals surface area contributed by atoms with E-state index in [0.717, 1.165) is 6.04 Å². The summed E-state index contributed by atoms with van der Waals surface area (Å²) >= 11 is 0. The lowest BCUT2D eigenvalue weighted by Gasteiger charge is -2.24. The first kappa shape index (κ1) is 39.9. The Morgan fingerprint density at radius 3 is 2.33 bits per heavy atom. The molecule has 1 fully saturated rings. The van der Waals surface area contributed by atoms with E-state index in [1.54, 1.807) is 75.4 Å². The molecular formula is C37H52O11Si. The molecule has 0 bridgehead atoms. The normalized spacial score (nSPS) is 18.8. The van der Waals surface area contributed by atoms with Gasteiger partial charge in [-0.2, -0.15) is 0 Å². The number of benzene rings is 2. The number of aliphatic hydroxyl groups excluding tert-OH is 1. The van der Waals surface area contributed by atoms with Gasteiger partial charge in [-0.15, -0.1) is 0 Å². The Hall–Kier alpha value is -3.52. The quantitative estimate of drug-likeness (QED) is 0.0735. The summed E-state index contributed by atoms with van der Waals surface area (Å²) in [5, 5.41) is 9.84. The highest BCUT2D eigenvalue weighted by molar-refractivity contribution is 6.76. The average Bonchev–Trinajstić information content (AvgIpc) is 3.35. The van der Waals surface area contributed by atoms with Gasteiger partial charge in [0.05, 0.1) is 24.4 Å². The van der Waals surface area contributed by atoms with Gasteiger partial charge < -0.3 is 43.0 Å². The molecule has 1 aliphatic heterocycles. The third kappa shape index (κ3) is 13.4. The summed E-state index contributed by atoms with van der Waals surface area (Å²) in [7, 11) is 1.55. The van der Waals surface area contributed by atoms with Gasteiger partial charge in [-0.3, -0.25) is 0 Å². The van der Waals surface area contributed by atoms with Crippen molar-refractivity contribution in [1.82, 2.24) is 0 Å². The first-order valence-electron chi connectivity index (χ1n) is 16.4. The molecule has 4 atom stereocenters. The monoisotopic (exact) mass is 700 g/mol. The van der Waals surface area contributed by atoms with Crippen molar-refractivity contribution in [2.75, 3.05) is 34.4 Å². The summed E-state index contributed by atoms with van der Waals surface area (Å²) in [6.07, 6.45) is 5.21. The van der Waals surface area contributed by atoms with Gasteiger partial charge in [0.2, 0.25) is 0 Å². The summed E-state index contributed by atoms with van der Waals surface area (Å²) in [5.74, 6) is -1.36. The van der Waals surface area contributed by atoms with E-state index < -0.39 is 50.2 Å². The second kappa shape index (κ2) is 19.0. The predicted octanol–water partition coefficient (Wildman–Crippen LogP) is 6.62. The topological polar surface area (TPSA) is 128 Å². The predicted molar refractivity (Wildman–Crippen MR) is 188 cm³/mol. The van der Waals surface area contributed by atoms with E-state index in [1.165, 1.54) is 14.2 Å². The lowest BCUT2D eigenvalue weighted by atomic mass is 10.0. The third-order valence-electron chi connectivity index (χ3n) is 7.34. The molecule has 1 N–H and O–H groups in total. The zero-order valence-corrected chi connectivity index (χ0v) is 30.9. The number of esters is 2.